The maximum atomic E-state index is 12.6. The summed E-state index contributed by atoms with van der Waals surface area (Å²) in [6.45, 7) is 1.42. The maximum absolute atomic E-state index is 12.6. The van der Waals surface area contributed by atoms with E-state index in [4.69, 9.17) is 23.7 Å². The molecule has 6 nitrogen and oxygen atoms in total. The van der Waals surface area contributed by atoms with Crippen molar-refractivity contribution in [3.63, 3.8) is 0 Å². The second kappa shape index (κ2) is 15.9. The summed E-state index contributed by atoms with van der Waals surface area (Å²) in [4.78, 5) is 0. The molecule has 5 aromatic rings. The van der Waals surface area contributed by atoms with Crippen molar-refractivity contribution < 1.29 is 28.8 Å². The predicted octanol–water partition coefficient (Wildman–Crippen LogP) is 7.20. The molecular formula is C40H40O6. The van der Waals surface area contributed by atoms with Gasteiger partial charge < -0.3 is 28.8 Å². The molecule has 0 saturated carbocycles. The minimum Gasteiger partial charge on any atom is -0.374 e. The largest absolute Gasteiger partial charge is 0.374 e. The van der Waals surface area contributed by atoms with Crippen LogP contribution in [-0.4, -0.2) is 36.1 Å². The van der Waals surface area contributed by atoms with E-state index in [1.54, 1.807) is 0 Å². The first kappa shape index (κ1) is 31.8. The molecule has 1 aliphatic rings. The quantitative estimate of drug-likeness (QED) is 0.142. The van der Waals surface area contributed by atoms with Gasteiger partial charge in [0, 0.05) is 5.56 Å². The SMILES string of the molecule is OC1(c2ccccc2)O[C@H](COCc2ccccc2)[C@H](OCc2ccccc2)[C@H](OCc2ccccc2)[C@H]1OCc1ccccc1. The molecule has 1 heterocycles. The highest BCUT2D eigenvalue weighted by Gasteiger charge is 2.57. The highest BCUT2D eigenvalue weighted by atomic mass is 16.7. The molecule has 1 saturated heterocycles. The van der Waals surface area contributed by atoms with Crippen LogP contribution in [0.1, 0.15) is 27.8 Å². The van der Waals surface area contributed by atoms with Gasteiger partial charge in [-0.1, -0.05) is 152 Å². The molecule has 5 atom stereocenters. The van der Waals surface area contributed by atoms with Gasteiger partial charge in [-0.2, -0.15) is 0 Å². The zero-order valence-corrected chi connectivity index (χ0v) is 25.8. The lowest BCUT2D eigenvalue weighted by Gasteiger charge is -2.50. The van der Waals surface area contributed by atoms with Gasteiger partial charge >= 0.3 is 0 Å². The van der Waals surface area contributed by atoms with E-state index in [1.165, 1.54) is 0 Å². The summed E-state index contributed by atoms with van der Waals surface area (Å²) in [6, 6.07) is 49.2. The van der Waals surface area contributed by atoms with Crippen molar-refractivity contribution in [2.75, 3.05) is 6.61 Å². The van der Waals surface area contributed by atoms with Crippen LogP contribution < -0.4 is 0 Å². The van der Waals surface area contributed by atoms with Crippen molar-refractivity contribution in [2.45, 2.75) is 56.6 Å². The zero-order chi connectivity index (χ0) is 31.4. The van der Waals surface area contributed by atoms with E-state index < -0.39 is 30.2 Å². The highest BCUT2D eigenvalue weighted by Crippen LogP contribution is 2.41. The molecule has 0 bridgehead atoms. The minimum absolute atomic E-state index is 0.167. The zero-order valence-electron chi connectivity index (χ0n) is 25.8. The Kier molecular flexibility index (Phi) is 11.0. The molecule has 1 aliphatic heterocycles. The van der Waals surface area contributed by atoms with Crippen LogP contribution in [0.3, 0.4) is 0 Å². The molecule has 0 aromatic heterocycles. The van der Waals surface area contributed by atoms with Crippen molar-refractivity contribution in [1.29, 1.82) is 0 Å². The number of benzene rings is 5. The molecule has 1 unspecified atom stereocenters. The standard InChI is InChI=1S/C40H40O6/c41-40(35-24-14-5-15-25-35)39(45-29-34-22-12-4-13-23-34)38(44-28-33-20-10-3-11-21-33)37(43-27-32-18-8-2-9-19-32)36(46-40)30-42-26-31-16-6-1-7-17-31/h1-25,36-39,41H,26-30H2/t36-,37+,38+,39-,40?/m1/s1. The molecular weight excluding hydrogens is 576 g/mol. The summed E-state index contributed by atoms with van der Waals surface area (Å²) in [5, 5.41) is 12.6. The van der Waals surface area contributed by atoms with Crippen LogP contribution in [0, 0.1) is 0 Å². The van der Waals surface area contributed by atoms with Crippen LogP contribution in [0.2, 0.25) is 0 Å². The van der Waals surface area contributed by atoms with Gasteiger partial charge in [-0.15, -0.1) is 0 Å². The summed E-state index contributed by atoms with van der Waals surface area (Å²) in [7, 11) is 0. The van der Waals surface area contributed by atoms with Crippen molar-refractivity contribution in [3.8, 4) is 0 Å². The number of hydrogen-bond donors (Lipinski definition) is 1. The van der Waals surface area contributed by atoms with Gasteiger partial charge in [0.25, 0.3) is 0 Å². The van der Waals surface area contributed by atoms with Gasteiger partial charge in [-0.3, -0.25) is 0 Å². The third-order valence-corrected chi connectivity index (χ3v) is 8.13. The maximum Gasteiger partial charge on any atom is 0.222 e. The van der Waals surface area contributed by atoms with E-state index in [9.17, 15) is 5.11 Å². The van der Waals surface area contributed by atoms with Crippen LogP contribution in [0.4, 0.5) is 0 Å². The topological polar surface area (TPSA) is 66.4 Å². The van der Waals surface area contributed by atoms with Gasteiger partial charge in [0.15, 0.2) is 0 Å². The van der Waals surface area contributed by atoms with Gasteiger partial charge in [0.05, 0.1) is 33.0 Å². The van der Waals surface area contributed by atoms with Crippen LogP contribution in [0.25, 0.3) is 0 Å². The normalized spacial score (nSPS) is 22.8. The van der Waals surface area contributed by atoms with Crippen LogP contribution in [-0.2, 0) is 55.9 Å². The first-order valence-corrected chi connectivity index (χ1v) is 15.7. The lowest BCUT2D eigenvalue weighted by atomic mass is 9.87. The Bertz CT molecular complexity index is 1570. The summed E-state index contributed by atoms with van der Waals surface area (Å²) < 4.78 is 33.0. The summed E-state index contributed by atoms with van der Waals surface area (Å²) in [5.74, 6) is -1.86. The second-order valence-corrected chi connectivity index (χ2v) is 11.5. The third kappa shape index (κ3) is 8.17. The van der Waals surface area contributed by atoms with Crippen LogP contribution >= 0.6 is 0 Å². The Morgan fingerprint density at radius 2 is 0.870 bits per heavy atom. The molecule has 6 heteroatoms. The number of aliphatic hydroxyl groups is 1. The Hall–Kier alpha value is -4.14. The summed E-state index contributed by atoms with van der Waals surface area (Å²) in [6.07, 6.45) is -2.98. The molecule has 0 spiro atoms. The predicted molar refractivity (Wildman–Crippen MR) is 176 cm³/mol. The van der Waals surface area contributed by atoms with Gasteiger partial charge in [-0.05, 0) is 22.3 Å². The Morgan fingerprint density at radius 3 is 1.35 bits per heavy atom. The number of hydrogen-bond acceptors (Lipinski definition) is 6. The molecule has 0 radical (unpaired) electrons. The highest BCUT2D eigenvalue weighted by molar-refractivity contribution is 5.25. The molecule has 1 fully saturated rings. The van der Waals surface area contributed by atoms with Crippen LogP contribution in [0.15, 0.2) is 152 Å². The van der Waals surface area contributed by atoms with Crippen molar-refractivity contribution in [2.24, 2.45) is 0 Å². The van der Waals surface area contributed by atoms with Crippen molar-refractivity contribution >= 4 is 0 Å². The molecule has 6 rings (SSSR count). The van der Waals surface area contributed by atoms with Gasteiger partial charge in [-0.25, -0.2) is 0 Å². The second-order valence-electron chi connectivity index (χ2n) is 11.5. The van der Waals surface area contributed by atoms with E-state index in [-0.39, 0.29) is 13.2 Å². The molecule has 236 valence electrons. The van der Waals surface area contributed by atoms with Crippen molar-refractivity contribution in [1.82, 2.24) is 0 Å². The first-order chi connectivity index (χ1) is 22.7. The molecule has 5 aromatic carbocycles. The van der Waals surface area contributed by atoms with E-state index >= 15 is 0 Å². The van der Waals surface area contributed by atoms with E-state index in [0.717, 1.165) is 22.3 Å². The lowest BCUT2D eigenvalue weighted by molar-refractivity contribution is -0.378. The lowest BCUT2D eigenvalue weighted by Crippen LogP contribution is -2.65. The molecule has 0 amide bonds. The fourth-order valence-corrected chi connectivity index (χ4v) is 5.76. The van der Waals surface area contributed by atoms with E-state index in [2.05, 4.69) is 0 Å². The molecule has 1 N–H and O–H groups in total. The third-order valence-electron chi connectivity index (χ3n) is 8.13. The Labute approximate surface area is 271 Å². The number of ether oxygens (including phenoxy) is 5. The van der Waals surface area contributed by atoms with Crippen LogP contribution in [0.5, 0.6) is 0 Å². The monoisotopic (exact) mass is 616 g/mol. The van der Waals surface area contributed by atoms with Gasteiger partial charge in [0.2, 0.25) is 5.79 Å². The fraction of sp³-hybridized carbons (Fsp3) is 0.250. The fourth-order valence-electron chi connectivity index (χ4n) is 5.76. The van der Waals surface area contributed by atoms with Gasteiger partial charge in [0.1, 0.15) is 24.4 Å². The molecule has 0 aliphatic carbocycles. The number of rotatable bonds is 14. The Balaban J connectivity index is 1.36. The first-order valence-electron chi connectivity index (χ1n) is 15.7. The Morgan fingerprint density at radius 1 is 0.478 bits per heavy atom. The summed E-state index contributed by atoms with van der Waals surface area (Å²) >= 11 is 0. The smallest absolute Gasteiger partial charge is 0.222 e. The van der Waals surface area contributed by atoms with E-state index in [0.29, 0.717) is 25.4 Å². The summed E-state index contributed by atoms with van der Waals surface area (Å²) in [5.41, 5.74) is 4.58. The average molecular weight is 617 g/mol. The van der Waals surface area contributed by atoms with E-state index in [1.807, 2.05) is 152 Å². The van der Waals surface area contributed by atoms with Crippen molar-refractivity contribution in [3.05, 3.63) is 179 Å². The molecule has 46 heavy (non-hydrogen) atoms. The average Bonchev–Trinajstić information content (AvgIpc) is 3.12. The minimum atomic E-state index is -1.86.